The van der Waals surface area contributed by atoms with Gasteiger partial charge in [-0.05, 0) is 12.5 Å². The maximum atomic E-state index is 12.5. The Kier molecular flexibility index (Phi) is 3.79. The Morgan fingerprint density at radius 2 is 1.46 bits per heavy atom. The Morgan fingerprint density at radius 1 is 1.08 bits per heavy atom. The first kappa shape index (κ1) is 11.5. The quantitative estimate of drug-likeness (QED) is 0.672. The van der Waals surface area contributed by atoms with E-state index in [4.69, 9.17) is 0 Å². The van der Waals surface area contributed by atoms with Crippen molar-refractivity contribution in [1.82, 2.24) is 8.61 Å². The maximum Gasteiger partial charge on any atom is 0.419 e. The maximum absolute atomic E-state index is 12.5. The minimum Gasteiger partial charge on any atom is -0.223 e. The van der Waals surface area contributed by atoms with E-state index in [1.165, 1.54) is 8.61 Å². The molecule has 78 valence electrons. The van der Waals surface area contributed by atoms with Crippen LogP contribution in [0.5, 0.6) is 0 Å². The summed E-state index contributed by atoms with van der Waals surface area (Å²) >= 11 is 2.29. The molecule has 1 fully saturated rings. The van der Waals surface area contributed by atoms with Crippen LogP contribution in [0.2, 0.25) is 0 Å². The largest absolute Gasteiger partial charge is 0.419 e. The van der Waals surface area contributed by atoms with Crippen LogP contribution in [0.25, 0.3) is 0 Å². The third kappa shape index (κ3) is 2.45. The van der Waals surface area contributed by atoms with Crippen LogP contribution in [0.4, 0.5) is 13.2 Å². The van der Waals surface area contributed by atoms with Crippen molar-refractivity contribution in [3.05, 3.63) is 0 Å². The fraction of sp³-hybridized carbons (Fsp3) is 1.00. The Hall–Kier alpha value is 0.410. The van der Waals surface area contributed by atoms with Crippen LogP contribution in [0.15, 0.2) is 0 Å². The number of halogens is 3. The van der Waals surface area contributed by atoms with Gasteiger partial charge >= 0.3 is 6.18 Å². The summed E-state index contributed by atoms with van der Waals surface area (Å²) in [6, 6.07) is 0. The number of rotatable bonds is 2. The highest BCUT2D eigenvalue weighted by Crippen LogP contribution is 2.36. The standard InChI is InChI=1S/C6H11F3N2S2/c1-12-10-3-4-11(13-2)5(10)6(7,8)9/h5H,3-4H2,1-2H3. The first-order chi connectivity index (χ1) is 6.00. The topological polar surface area (TPSA) is 6.48 Å². The number of hydrogen-bond acceptors (Lipinski definition) is 4. The molecular weight excluding hydrogens is 221 g/mol. The van der Waals surface area contributed by atoms with Gasteiger partial charge in [-0.15, -0.1) is 0 Å². The van der Waals surface area contributed by atoms with Crippen molar-refractivity contribution in [2.75, 3.05) is 25.6 Å². The van der Waals surface area contributed by atoms with Gasteiger partial charge in [-0.3, -0.25) is 0 Å². The van der Waals surface area contributed by atoms with Gasteiger partial charge < -0.3 is 0 Å². The van der Waals surface area contributed by atoms with Crippen LogP contribution in [-0.4, -0.2) is 46.6 Å². The predicted octanol–water partition coefficient (Wildman–Crippen LogP) is 2.05. The highest BCUT2D eigenvalue weighted by Gasteiger charge is 2.50. The van der Waals surface area contributed by atoms with Crippen LogP contribution in [-0.2, 0) is 0 Å². The summed E-state index contributed by atoms with van der Waals surface area (Å²) in [5.74, 6) is 0. The monoisotopic (exact) mass is 232 g/mol. The lowest BCUT2D eigenvalue weighted by atomic mass is 10.5. The highest BCUT2D eigenvalue weighted by atomic mass is 32.2. The molecule has 2 nitrogen and oxygen atoms in total. The fourth-order valence-electron chi connectivity index (χ4n) is 1.29. The zero-order valence-electron chi connectivity index (χ0n) is 7.34. The lowest BCUT2D eigenvalue weighted by Gasteiger charge is -2.28. The molecule has 1 rings (SSSR count). The molecule has 0 amide bonds. The second kappa shape index (κ2) is 4.29. The van der Waals surface area contributed by atoms with E-state index < -0.39 is 12.3 Å². The molecule has 0 aromatic rings. The molecule has 0 bridgehead atoms. The van der Waals surface area contributed by atoms with E-state index in [0.717, 1.165) is 23.9 Å². The minimum atomic E-state index is -4.16. The molecule has 0 spiro atoms. The smallest absolute Gasteiger partial charge is 0.223 e. The van der Waals surface area contributed by atoms with Gasteiger partial charge in [-0.1, -0.05) is 23.9 Å². The molecule has 0 aliphatic carbocycles. The summed E-state index contributed by atoms with van der Waals surface area (Å²) in [7, 11) is 0. The van der Waals surface area contributed by atoms with Crippen molar-refractivity contribution in [3.8, 4) is 0 Å². The first-order valence-electron chi connectivity index (χ1n) is 3.69. The average molecular weight is 232 g/mol. The Balaban J connectivity index is 2.73. The molecule has 0 radical (unpaired) electrons. The second-order valence-electron chi connectivity index (χ2n) is 2.56. The van der Waals surface area contributed by atoms with Gasteiger partial charge in [0.1, 0.15) is 0 Å². The summed E-state index contributed by atoms with van der Waals surface area (Å²) in [6.45, 7) is 0.929. The van der Waals surface area contributed by atoms with Crippen LogP contribution >= 0.6 is 23.9 Å². The van der Waals surface area contributed by atoms with E-state index in [9.17, 15) is 13.2 Å². The second-order valence-corrected chi connectivity index (χ2v) is 4.23. The molecule has 0 aromatic carbocycles. The zero-order chi connectivity index (χ0) is 10.1. The summed E-state index contributed by atoms with van der Waals surface area (Å²) in [4.78, 5) is 0. The summed E-state index contributed by atoms with van der Waals surface area (Å²) in [5, 5.41) is 0. The van der Waals surface area contributed by atoms with Gasteiger partial charge in [-0.2, -0.15) is 13.2 Å². The molecule has 0 saturated carbocycles. The third-order valence-corrected chi connectivity index (χ3v) is 3.55. The van der Waals surface area contributed by atoms with Crippen molar-refractivity contribution in [2.45, 2.75) is 12.3 Å². The van der Waals surface area contributed by atoms with Gasteiger partial charge in [-0.25, -0.2) is 8.61 Å². The molecule has 1 aliphatic heterocycles. The Morgan fingerprint density at radius 3 is 1.69 bits per heavy atom. The van der Waals surface area contributed by atoms with Crippen LogP contribution < -0.4 is 0 Å². The number of alkyl halides is 3. The van der Waals surface area contributed by atoms with Gasteiger partial charge in [0.2, 0.25) is 0 Å². The van der Waals surface area contributed by atoms with Crippen LogP contribution in [0, 0.1) is 0 Å². The molecule has 7 heteroatoms. The lowest BCUT2D eigenvalue weighted by molar-refractivity contribution is -0.182. The molecule has 13 heavy (non-hydrogen) atoms. The lowest BCUT2D eigenvalue weighted by Crippen LogP contribution is -2.44. The van der Waals surface area contributed by atoms with E-state index in [0.29, 0.717) is 13.1 Å². The van der Waals surface area contributed by atoms with Gasteiger partial charge in [0.15, 0.2) is 6.17 Å². The fourth-order valence-corrected chi connectivity index (χ4v) is 2.75. The summed E-state index contributed by atoms with van der Waals surface area (Å²) < 4.78 is 40.3. The first-order valence-corrected chi connectivity index (χ1v) is 6.05. The van der Waals surface area contributed by atoms with E-state index >= 15 is 0 Å². The molecule has 1 heterocycles. The minimum absolute atomic E-state index is 0.464. The number of hydrogen-bond donors (Lipinski definition) is 0. The van der Waals surface area contributed by atoms with Crippen molar-refractivity contribution < 1.29 is 13.2 Å². The van der Waals surface area contributed by atoms with Crippen LogP contribution in [0.1, 0.15) is 0 Å². The molecule has 0 aromatic heterocycles. The van der Waals surface area contributed by atoms with Gasteiger partial charge in [0.25, 0.3) is 0 Å². The van der Waals surface area contributed by atoms with Crippen LogP contribution in [0.3, 0.4) is 0 Å². The van der Waals surface area contributed by atoms with E-state index in [-0.39, 0.29) is 0 Å². The molecular formula is C6H11F3N2S2. The average Bonchev–Trinajstić information content (AvgIpc) is 2.45. The molecule has 0 atom stereocenters. The van der Waals surface area contributed by atoms with Gasteiger partial charge in [0.05, 0.1) is 0 Å². The van der Waals surface area contributed by atoms with E-state index in [1.54, 1.807) is 12.5 Å². The predicted molar refractivity (Wildman–Crippen MR) is 50.3 cm³/mol. The normalized spacial score (nSPS) is 22.8. The molecule has 0 N–H and O–H groups in total. The van der Waals surface area contributed by atoms with Crippen molar-refractivity contribution >= 4 is 23.9 Å². The van der Waals surface area contributed by atoms with Crippen molar-refractivity contribution in [3.63, 3.8) is 0 Å². The molecule has 1 saturated heterocycles. The zero-order valence-corrected chi connectivity index (χ0v) is 8.97. The Labute approximate surface area is 84.1 Å². The number of nitrogens with zero attached hydrogens (tertiary/aromatic N) is 2. The SMILES string of the molecule is CSN1CCN(SC)C1C(F)(F)F. The third-order valence-electron chi connectivity index (χ3n) is 1.85. The molecule has 1 aliphatic rings. The van der Waals surface area contributed by atoms with Crippen molar-refractivity contribution in [2.24, 2.45) is 0 Å². The van der Waals surface area contributed by atoms with E-state index in [1.807, 2.05) is 0 Å². The Bertz CT molecular complexity index is 164. The van der Waals surface area contributed by atoms with Gasteiger partial charge in [0, 0.05) is 13.1 Å². The van der Waals surface area contributed by atoms with Crippen molar-refractivity contribution in [1.29, 1.82) is 0 Å². The highest BCUT2D eigenvalue weighted by molar-refractivity contribution is 7.97. The summed E-state index contributed by atoms with van der Waals surface area (Å²) in [5.41, 5.74) is 0. The summed E-state index contributed by atoms with van der Waals surface area (Å²) in [6.07, 6.45) is -2.26. The molecule has 0 unspecified atom stereocenters. The van der Waals surface area contributed by atoms with E-state index in [2.05, 4.69) is 0 Å².